The van der Waals surface area contributed by atoms with E-state index in [2.05, 4.69) is 132 Å². The number of hydrogen-bond donors (Lipinski definition) is 0. The largest absolute Gasteiger partial charge is 0.455 e. The average molecular weight is 526 g/mol. The van der Waals surface area contributed by atoms with Gasteiger partial charge in [0.25, 0.3) is 0 Å². The van der Waals surface area contributed by atoms with Crippen molar-refractivity contribution in [3.05, 3.63) is 140 Å². The molecule has 0 spiro atoms. The van der Waals surface area contributed by atoms with Crippen LogP contribution in [0.15, 0.2) is 148 Å². The van der Waals surface area contributed by atoms with Gasteiger partial charge in [0.1, 0.15) is 22.3 Å². The van der Waals surface area contributed by atoms with Crippen LogP contribution in [0, 0.1) is 0 Å². The van der Waals surface area contributed by atoms with E-state index in [-0.39, 0.29) is 0 Å². The predicted octanol–water partition coefficient (Wildman–Crippen LogP) is 10.8. The maximum atomic E-state index is 6.65. The smallest absolute Gasteiger partial charge is 0.161 e. The van der Waals surface area contributed by atoms with Gasteiger partial charge in [0.15, 0.2) is 5.58 Å². The Hall–Kier alpha value is -5.54. The third kappa shape index (κ3) is 3.14. The molecule has 3 aromatic heterocycles. The first-order chi connectivity index (χ1) is 20.4. The summed E-state index contributed by atoms with van der Waals surface area (Å²) in [6.07, 6.45) is 0. The molecule has 0 fully saturated rings. The molecule has 3 heteroatoms. The van der Waals surface area contributed by atoms with E-state index < -0.39 is 0 Å². The molecule has 0 unspecified atom stereocenters. The summed E-state index contributed by atoms with van der Waals surface area (Å²) in [4.78, 5) is 0. The van der Waals surface area contributed by atoms with E-state index in [4.69, 9.17) is 8.83 Å². The summed E-state index contributed by atoms with van der Waals surface area (Å²) in [6.45, 7) is 0. The zero-order valence-corrected chi connectivity index (χ0v) is 22.0. The SMILES string of the molecule is c1ccc(-n2c3ccccc3c3oc4cccc(-c5ccccc5-c5cccc6c5oc5ccccc56)c4c32)cc1. The second-order valence-electron chi connectivity index (χ2n) is 10.5. The number of para-hydroxylation sites is 4. The van der Waals surface area contributed by atoms with Crippen LogP contribution in [-0.4, -0.2) is 4.57 Å². The first-order valence-corrected chi connectivity index (χ1v) is 13.9. The lowest BCUT2D eigenvalue weighted by Crippen LogP contribution is -1.94. The normalized spacial score (nSPS) is 11.9. The third-order valence-corrected chi connectivity index (χ3v) is 8.23. The van der Waals surface area contributed by atoms with Gasteiger partial charge in [-0.2, -0.15) is 0 Å². The van der Waals surface area contributed by atoms with Gasteiger partial charge in [0.2, 0.25) is 0 Å². The summed E-state index contributed by atoms with van der Waals surface area (Å²) in [5.74, 6) is 0. The lowest BCUT2D eigenvalue weighted by atomic mass is 9.91. The Morgan fingerprint density at radius 3 is 1.85 bits per heavy atom. The molecule has 41 heavy (non-hydrogen) atoms. The van der Waals surface area contributed by atoms with Gasteiger partial charge < -0.3 is 13.4 Å². The van der Waals surface area contributed by atoms with Crippen LogP contribution in [0.5, 0.6) is 0 Å². The van der Waals surface area contributed by atoms with Gasteiger partial charge in [-0.1, -0.05) is 103 Å². The van der Waals surface area contributed by atoms with Crippen LogP contribution >= 0.6 is 0 Å². The molecule has 0 radical (unpaired) electrons. The van der Waals surface area contributed by atoms with E-state index in [0.29, 0.717) is 0 Å². The Morgan fingerprint density at radius 2 is 0.976 bits per heavy atom. The standard InChI is InChI=1S/C38H23NO2/c1-2-12-24(13-3-1)39-32-21-8-6-17-31(32)38-36(39)35-28(18-11-23-34(35)41-38)25-14-4-5-15-26(25)29-19-10-20-30-27-16-7-9-22-33(27)40-37(29)30/h1-23H. The highest BCUT2D eigenvalue weighted by Gasteiger charge is 2.23. The quantitative estimate of drug-likeness (QED) is 0.230. The lowest BCUT2D eigenvalue weighted by Gasteiger charge is -2.13. The molecule has 3 nitrogen and oxygen atoms in total. The van der Waals surface area contributed by atoms with Crippen molar-refractivity contribution in [1.82, 2.24) is 4.57 Å². The molecule has 0 bridgehead atoms. The van der Waals surface area contributed by atoms with Crippen molar-refractivity contribution in [2.75, 3.05) is 0 Å². The molecule has 6 aromatic carbocycles. The number of nitrogens with zero attached hydrogens (tertiary/aromatic N) is 1. The van der Waals surface area contributed by atoms with E-state index >= 15 is 0 Å². The zero-order chi connectivity index (χ0) is 26.9. The molecular weight excluding hydrogens is 502 g/mol. The monoisotopic (exact) mass is 525 g/mol. The summed E-state index contributed by atoms with van der Waals surface area (Å²) in [5.41, 5.74) is 11.4. The summed E-state index contributed by atoms with van der Waals surface area (Å²) in [5, 5.41) is 4.47. The van der Waals surface area contributed by atoms with E-state index in [1.165, 1.54) is 0 Å². The molecule has 0 saturated heterocycles. The topological polar surface area (TPSA) is 31.2 Å². The molecule has 0 aliphatic heterocycles. The minimum absolute atomic E-state index is 0.875. The van der Waals surface area contributed by atoms with Crippen molar-refractivity contribution in [3.8, 4) is 27.9 Å². The average Bonchev–Trinajstić information content (AvgIpc) is 3.70. The number of benzene rings is 6. The van der Waals surface area contributed by atoms with Crippen molar-refractivity contribution in [3.63, 3.8) is 0 Å². The van der Waals surface area contributed by atoms with Crippen LogP contribution in [0.4, 0.5) is 0 Å². The Kier molecular flexibility index (Phi) is 4.61. The van der Waals surface area contributed by atoms with Crippen molar-refractivity contribution in [2.24, 2.45) is 0 Å². The van der Waals surface area contributed by atoms with Crippen LogP contribution in [0.3, 0.4) is 0 Å². The molecule has 9 rings (SSSR count). The molecule has 0 aliphatic rings. The fourth-order valence-corrected chi connectivity index (χ4v) is 6.49. The Bertz CT molecular complexity index is 2420. The minimum atomic E-state index is 0.875. The second kappa shape index (κ2) is 8.48. The van der Waals surface area contributed by atoms with Crippen molar-refractivity contribution < 1.29 is 8.83 Å². The third-order valence-electron chi connectivity index (χ3n) is 8.23. The molecule has 0 saturated carbocycles. The first-order valence-electron chi connectivity index (χ1n) is 13.9. The highest BCUT2D eigenvalue weighted by Crippen LogP contribution is 2.46. The fraction of sp³-hybridized carbons (Fsp3) is 0. The molecule has 0 amide bonds. The first kappa shape index (κ1) is 22.3. The van der Waals surface area contributed by atoms with Gasteiger partial charge in [-0.05, 0) is 53.1 Å². The molecule has 0 aliphatic carbocycles. The molecule has 9 aromatic rings. The maximum Gasteiger partial charge on any atom is 0.161 e. The minimum Gasteiger partial charge on any atom is -0.455 e. The highest BCUT2D eigenvalue weighted by atomic mass is 16.3. The Balaban J connectivity index is 1.39. The molecular formula is C38H23NO2. The van der Waals surface area contributed by atoms with Crippen molar-refractivity contribution in [1.29, 1.82) is 0 Å². The number of aromatic nitrogens is 1. The molecule has 0 N–H and O–H groups in total. The van der Waals surface area contributed by atoms with Crippen LogP contribution in [0.25, 0.3) is 82.9 Å². The summed E-state index contributed by atoms with van der Waals surface area (Å²) < 4.78 is 15.4. The van der Waals surface area contributed by atoms with Crippen LogP contribution in [-0.2, 0) is 0 Å². The lowest BCUT2D eigenvalue weighted by molar-refractivity contribution is 0.670. The van der Waals surface area contributed by atoms with Gasteiger partial charge in [0, 0.05) is 27.4 Å². The number of hydrogen-bond acceptors (Lipinski definition) is 2. The second-order valence-corrected chi connectivity index (χ2v) is 10.5. The van der Waals surface area contributed by atoms with Gasteiger partial charge in [-0.3, -0.25) is 0 Å². The maximum absolute atomic E-state index is 6.65. The zero-order valence-electron chi connectivity index (χ0n) is 22.0. The summed E-state index contributed by atoms with van der Waals surface area (Å²) in [7, 11) is 0. The highest BCUT2D eigenvalue weighted by molar-refractivity contribution is 6.21. The van der Waals surface area contributed by atoms with E-state index in [1.54, 1.807) is 0 Å². The van der Waals surface area contributed by atoms with Crippen LogP contribution in [0.2, 0.25) is 0 Å². The fourth-order valence-electron chi connectivity index (χ4n) is 6.49. The predicted molar refractivity (Wildman–Crippen MR) is 169 cm³/mol. The number of fused-ring (bicyclic) bond motifs is 8. The molecule has 3 heterocycles. The molecule has 0 atom stereocenters. The van der Waals surface area contributed by atoms with Gasteiger partial charge in [-0.25, -0.2) is 0 Å². The van der Waals surface area contributed by atoms with Crippen LogP contribution in [0.1, 0.15) is 0 Å². The van der Waals surface area contributed by atoms with Crippen molar-refractivity contribution >= 4 is 54.9 Å². The van der Waals surface area contributed by atoms with E-state index in [0.717, 1.165) is 82.9 Å². The Labute approximate surface area is 235 Å². The summed E-state index contributed by atoms with van der Waals surface area (Å²) in [6, 6.07) is 48.7. The van der Waals surface area contributed by atoms with E-state index in [9.17, 15) is 0 Å². The summed E-state index contributed by atoms with van der Waals surface area (Å²) >= 11 is 0. The van der Waals surface area contributed by atoms with E-state index in [1.807, 2.05) is 12.1 Å². The van der Waals surface area contributed by atoms with Gasteiger partial charge in [0.05, 0.1) is 10.9 Å². The van der Waals surface area contributed by atoms with Gasteiger partial charge in [-0.15, -0.1) is 0 Å². The Morgan fingerprint density at radius 1 is 0.390 bits per heavy atom. The number of rotatable bonds is 3. The van der Waals surface area contributed by atoms with Crippen molar-refractivity contribution in [2.45, 2.75) is 0 Å². The molecule has 192 valence electrons. The van der Waals surface area contributed by atoms with Crippen LogP contribution < -0.4 is 0 Å². The number of furan rings is 2. The van der Waals surface area contributed by atoms with Gasteiger partial charge >= 0.3 is 0 Å².